The number of carbonyl (C=O) groups excluding carboxylic acids is 1. The second-order valence-corrected chi connectivity index (χ2v) is 6.05. The summed E-state index contributed by atoms with van der Waals surface area (Å²) >= 11 is 2.01. The molecule has 0 aromatic rings. The van der Waals surface area contributed by atoms with E-state index in [9.17, 15) is 4.79 Å². The normalized spacial score (nSPS) is 39.2. The van der Waals surface area contributed by atoms with Crippen LogP contribution in [0.4, 0.5) is 0 Å². The summed E-state index contributed by atoms with van der Waals surface area (Å²) in [7, 11) is 0. The molecule has 4 unspecified atom stereocenters. The van der Waals surface area contributed by atoms with Crippen LogP contribution >= 0.6 is 11.8 Å². The molecule has 2 aliphatic heterocycles. The lowest BCUT2D eigenvalue weighted by molar-refractivity contribution is -0.114. The van der Waals surface area contributed by atoms with Gasteiger partial charge in [0.1, 0.15) is 0 Å². The van der Waals surface area contributed by atoms with Gasteiger partial charge in [-0.1, -0.05) is 18.2 Å². The van der Waals surface area contributed by atoms with E-state index in [1.165, 1.54) is 17.9 Å². The first kappa shape index (κ1) is 11.1. The Morgan fingerprint density at radius 2 is 2.41 bits per heavy atom. The van der Waals surface area contributed by atoms with Gasteiger partial charge in [-0.15, -0.1) is 0 Å². The van der Waals surface area contributed by atoms with E-state index >= 15 is 0 Å². The molecule has 0 spiro atoms. The average Bonchev–Trinajstić information content (AvgIpc) is 2.38. The number of nitrogens with two attached hydrogens (primary N) is 1. The molecule has 0 saturated carbocycles. The van der Waals surface area contributed by atoms with Crippen molar-refractivity contribution in [2.24, 2.45) is 28.5 Å². The summed E-state index contributed by atoms with van der Waals surface area (Å²) in [5, 5.41) is 0. The summed E-state index contributed by atoms with van der Waals surface area (Å²) in [6.45, 7) is 0. The third kappa shape index (κ3) is 1.95. The van der Waals surface area contributed by atoms with Crippen LogP contribution in [0.3, 0.4) is 0 Å². The highest BCUT2D eigenvalue weighted by molar-refractivity contribution is 7.99. The van der Waals surface area contributed by atoms with Crippen molar-refractivity contribution >= 4 is 23.9 Å². The summed E-state index contributed by atoms with van der Waals surface area (Å²) in [5.41, 5.74) is 6.01. The highest BCUT2D eigenvalue weighted by atomic mass is 32.2. The van der Waals surface area contributed by atoms with Crippen molar-refractivity contribution < 1.29 is 4.79 Å². The number of thioether (sulfide) groups is 1. The molecule has 2 N–H and O–H groups in total. The number of carbonyl (C=O) groups is 1. The van der Waals surface area contributed by atoms with Gasteiger partial charge >= 0.3 is 0 Å². The molecule has 0 bridgehead atoms. The molecule has 1 saturated heterocycles. The van der Waals surface area contributed by atoms with Crippen LogP contribution in [0, 0.1) is 17.8 Å². The topological polar surface area (TPSA) is 55.5 Å². The van der Waals surface area contributed by atoms with Gasteiger partial charge in [-0.25, -0.2) is 0 Å². The van der Waals surface area contributed by atoms with Gasteiger partial charge in [-0.2, -0.15) is 11.8 Å². The molecular weight excluding hydrogens is 232 g/mol. The maximum atomic E-state index is 11.2. The van der Waals surface area contributed by atoms with Crippen molar-refractivity contribution in [3.63, 3.8) is 0 Å². The number of hydrogen-bond acceptors (Lipinski definition) is 3. The predicted octanol–water partition coefficient (Wildman–Crippen LogP) is 1.41. The van der Waals surface area contributed by atoms with Gasteiger partial charge in [0.2, 0.25) is 5.91 Å². The lowest BCUT2D eigenvalue weighted by atomic mass is 9.72. The number of primary amides is 1. The molecule has 1 aliphatic carbocycles. The van der Waals surface area contributed by atoms with Gasteiger partial charge in [0.25, 0.3) is 0 Å². The first-order chi connectivity index (χ1) is 8.25. The number of fused-ring (bicyclic) bond motifs is 3. The van der Waals surface area contributed by atoms with Crippen LogP contribution in [0.1, 0.15) is 6.42 Å². The second-order valence-electron chi connectivity index (χ2n) is 4.90. The van der Waals surface area contributed by atoms with Gasteiger partial charge in [0.05, 0.1) is 6.04 Å². The van der Waals surface area contributed by atoms with Gasteiger partial charge in [0.15, 0.2) is 0 Å². The van der Waals surface area contributed by atoms with Crippen molar-refractivity contribution in [1.29, 1.82) is 0 Å². The Morgan fingerprint density at radius 3 is 3.24 bits per heavy atom. The monoisotopic (exact) mass is 248 g/mol. The first-order valence-electron chi connectivity index (χ1n) is 6.06. The molecule has 0 aromatic carbocycles. The second kappa shape index (κ2) is 4.33. The Balaban J connectivity index is 1.91. The molecule has 4 atom stereocenters. The molecule has 3 nitrogen and oxygen atoms in total. The zero-order valence-corrected chi connectivity index (χ0v) is 10.4. The quantitative estimate of drug-likeness (QED) is 0.762. The van der Waals surface area contributed by atoms with Crippen molar-refractivity contribution in [3.8, 4) is 0 Å². The van der Waals surface area contributed by atoms with E-state index in [1.54, 1.807) is 0 Å². The molecule has 3 aliphatic rings. The Hall–Kier alpha value is -1.03. The summed E-state index contributed by atoms with van der Waals surface area (Å²) in [6.07, 6.45) is 9.25. The van der Waals surface area contributed by atoms with Gasteiger partial charge in [-0.3, -0.25) is 9.79 Å². The van der Waals surface area contributed by atoms with Crippen LogP contribution in [-0.4, -0.2) is 29.7 Å². The van der Waals surface area contributed by atoms with Gasteiger partial charge < -0.3 is 5.73 Å². The summed E-state index contributed by atoms with van der Waals surface area (Å²) in [5.74, 6) is 3.65. The van der Waals surface area contributed by atoms with Gasteiger partial charge in [-0.05, 0) is 18.1 Å². The number of nitrogens with zero attached hydrogens (tertiary/aromatic N) is 1. The fourth-order valence-electron chi connectivity index (χ4n) is 3.00. The van der Waals surface area contributed by atoms with E-state index in [0.29, 0.717) is 23.3 Å². The summed E-state index contributed by atoms with van der Waals surface area (Å²) < 4.78 is 0. The van der Waals surface area contributed by atoms with E-state index in [0.717, 1.165) is 0 Å². The Bertz CT molecular complexity index is 427. The van der Waals surface area contributed by atoms with E-state index in [4.69, 9.17) is 5.73 Å². The zero-order valence-electron chi connectivity index (χ0n) is 9.58. The standard InChI is InChI=1S/C13H16N2OS/c14-13(16)8-1-2-12-11(5-8)10-3-4-17-7-9(10)6-15-12/h1-2,5-6,9-12H,3-4,7H2,(H2,14,16). The fraction of sp³-hybridized carbons (Fsp3) is 0.538. The van der Waals surface area contributed by atoms with Crippen LogP contribution in [0.25, 0.3) is 0 Å². The van der Waals surface area contributed by atoms with Crippen LogP contribution in [-0.2, 0) is 4.79 Å². The number of amides is 1. The van der Waals surface area contributed by atoms with E-state index in [1.807, 2.05) is 23.9 Å². The van der Waals surface area contributed by atoms with Crippen LogP contribution in [0.5, 0.6) is 0 Å². The van der Waals surface area contributed by atoms with E-state index < -0.39 is 0 Å². The molecule has 1 fully saturated rings. The van der Waals surface area contributed by atoms with Crippen molar-refractivity contribution in [1.82, 2.24) is 0 Å². The van der Waals surface area contributed by atoms with Crippen LogP contribution in [0.15, 0.2) is 28.8 Å². The minimum atomic E-state index is -0.323. The smallest absolute Gasteiger partial charge is 0.248 e. The molecule has 2 heterocycles. The zero-order chi connectivity index (χ0) is 11.8. The largest absolute Gasteiger partial charge is 0.366 e. The first-order valence-corrected chi connectivity index (χ1v) is 7.22. The SMILES string of the molecule is NC(=O)C1=CC2C(C=C1)N=CC1CSCCC12. The summed E-state index contributed by atoms with van der Waals surface area (Å²) in [4.78, 5) is 15.9. The molecule has 90 valence electrons. The van der Waals surface area contributed by atoms with Crippen molar-refractivity contribution in [2.45, 2.75) is 12.5 Å². The van der Waals surface area contributed by atoms with E-state index in [-0.39, 0.29) is 11.9 Å². The predicted molar refractivity (Wildman–Crippen MR) is 71.1 cm³/mol. The maximum Gasteiger partial charge on any atom is 0.248 e. The molecule has 3 rings (SSSR count). The van der Waals surface area contributed by atoms with Crippen molar-refractivity contribution in [3.05, 3.63) is 23.8 Å². The highest BCUT2D eigenvalue weighted by Gasteiger charge is 2.38. The Morgan fingerprint density at radius 1 is 1.53 bits per heavy atom. The molecular formula is C13H16N2OS. The number of rotatable bonds is 1. The Labute approximate surface area is 105 Å². The van der Waals surface area contributed by atoms with Crippen molar-refractivity contribution in [2.75, 3.05) is 11.5 Å². The fourth-order valence-corrected chi connectivity index (χ4v) is 4.21. The van der Waals surface area contributed by atoms with Gasteiger partial charge in [0, 0.05) is 29.4 Å². The van der Waals surface area contributed by atoms with E-state index in [2.05, 4.69) is 17.3 Å². The summed E-state index contributed by atoms with van der Waals surface area (Å²) in [6, 6.07) is 0.224. The third-order valence-corrected chi connectivity index (χ3v) is 5.07. The highest BCUT2D eigenvalue weighted by Crippen LogP contribution is 2.40. The van der Waals surface area contributed by atoms with Crippen LogP contribution in [0.2, 0.25) is 0 Å². The molecule has 0 aromatic heterocycles. The minimum Gasteiger partial charge on any atom is -0.366 e. The Kier molecular flexibility index (Phi) is 2.82. The molecule has 17 heavy (non-hydrogen) atoms. The lowest BCUT2D eigenvalue weighted by Crippen LogP contribution is -2.40. The maximum absolute atomic E-state index is 11.2. The molecule has 4 heteroatoms. The minimum absolute atomic E-state index is 0.224. The number of hydrogen-bond donors (Lipinski definition) is 1. The number of aliphatic imine (C=N–C) groups is 1. The third-order valence-electron chi connectivity index (χ3n) is 3.92. The average molecular weight is 248 g/mol. The lowest BCUT2D eigenvalue weighted by Gasteiger charge is -2.40. The molecule has 0 radical (unpaired) electrons. The van der Waals surface area contributed by atoms with Crippen LogP contribution < -0.4 is 5.73 Å². The molecule has 1 amide bonds.